The van der Waals surface area contributed by atoms with Crippen molar-refractivity contribution in [2.24, 2.45) is 11.8 Å². The third kappa shape index (κ3) is 3.07. The number of aryl methyl sites for hydroxylation is 1. The number of benzene rings is 2. The van der Waals surface area contributed by atoms with Crippen molar-refractivity contribution >= 4 is 110 Å². The summed E-state index contributed by atoms with van der Waals surface area (Å²) in [5, 5.41) is 2.82. The number of fused-ring (bicyclic) bond motifs is 5. The van der Waals surface area contributed by atoms with Crippen molar-refractivity contribution in [3.63, 3.8) is 0 Å². The molecule has 1 saturated heterocycles. The first-order valence-electron chi connectivity index (χ1n) is 10.2. The van der Waals surface area contributed by atoms with Crippen LogP contribution in [0.2, 0.25) is 5.02 Å². The predicted octanol–water partition coefficient (Wildman–Crippen LogP) is 6.85. The van der Waals surface area contributed by atoms with E-state index in [1.165, 1.54) is 12.1 Å². The number of hydrogen-bond acceptors (Lipinski definition) is 3. The van der Waals surface area contributed by atoms with E-state index in [1.807, 2.05) is 0 Å². The molecule has 35 heavy (non-hydrogen) atoms. The lowest BCUT2D eigenvalue weighted by Gasteiger charge is -2.34. The van der Waals surface area contributed by atoms with E-state index in [9.17, 15) is 14.4 Å². The summed E-state index contributed by atoms with van der Waals surface area (Å²) in [6.45, 7) is 1.80. The zero-order chi connectivity index (χ0) is 25.7. The van der Waals surface area contributed by atoms with Crippen molar-refractivity contribution in [1.29, 1.82) is 0 Å². The third-order valence-corrected chi connectivity index (χ3v) is 11.2. The lowest BCUT2D eigenvalue weighted by Crippen LogP contribution is -2.50. The summed E-state index contributed by atoms with van der Waals surface area (Å²) in [6.07, 6.45) is 0. The van der Waals surface area contributed by atoms with Gasteiger partial charge >= 0.3 is 0 Å². The van der Waals surface area contributed by atoms with E-state index in [-0.39, 0.29) is 21.3 Å². The maximum absolute atomic E-state index is 13.7. The number of anilines is 2. The predicted molar refractivity (Wildman–Crippen MR) is 140 cm³/mol. The monoisotopic (exact) mass is 610 g/mol. The van der Waals surface area contributed by atoms with Crippen LogP contribution in [0.25, 0.3) is 0 Å². The van der Waals surface area contributed by atoms with E-state index < -0.39 is 43.6 Å². The van der Waals surface area contributed by atoms with Crippen molar-refractivity contribution in [2.45, 2.75) is 21.0 Å². The van der Waals surface area contributed by atoms with E-state index in [0.29, 0.717) is 10.7 Å². The standard InChI is InChI=1S/C23H13Cl7N2O3/c1-9-6-7-10(24)8-12(9)31-18(33)11-4-2-3-5-13(11)32-19(34)14-15(20(32)35)22(28)17(26)16(25)21(14,27)23(22,29)30/h2-8,14-15H,1H3,(H,31,33)/t14-,15+,21-,22-/m1/s1. The Bertz CT molecular complexity index is 1330. The highest BCUT2D eigenvalue weighted by Gasteiger charge is 2.87. The largest absolute Gasteiger partial charge is 0.322 e. The molecule has 12 heteroatoms. The lowest BCUT2D eigenvalue weighted by molar-refractivity contribution is -0.123. The van der Waals surface area contributed by atoms with Gasteiger partial charge in [0.25, 0.3) is 5.91 Å². The summed E-state index contributed by atoms with van der Waals surface area (Å²) in [7, 11) is 0. The average Bonchev–Trinajstić information content (AvgIpc) is 3.19. The van der Waals surface area contributed by atoms with Crippen LogP contribution in [0.4, 0.5) is 11.4 Å². The molecule has 4 atom stereocenters. The molecule has 2 bridgehead atoms. The van der Waals surface area contributed by atoms with E-state index in [0.717, 1.165) is 10.5 Å². The Balaban J connectivity index is 1.57. The molecule has 2 fully saturated rings. The molecule has 3 aliphatic rings. The molecule has 0 unspecified atom stereocenters. The first-order valence-corrected chi connectivity index (χ1v) is 12.8. The number of rotatable bonds is 3. The Hall–Kier alpha value is -1.18. The molecule has 0 aromatic heterocycles. The van der Waals surface area contributed by atoms with Crippen LogP contribution in [-0.2, 0) is 9.59 Å². The first-order chi connectivity index (χ1) is 16.3. The highest BCUT2D eigenvalue weighted by atomic mass is 35.5. The summed E-state index contributed by atoms with van der Waals surface area (Å²) in [5.74, 6) is -4.66. The Morgan fingerprint density at radius 3 is 2.00 bits per heavy atom. The summed E-state index contributed by atoms with van der Waals surface area (Å²) < 4.78 is -2.04. The summed E-state index contributed by atoms with van der Waals surface area (Å²) in [5.41, 5.74) is 1.34. The van der Waals surface area contributed by atoms with Crippen LogP contribution >= 0.6 is 81.2 Å². The van der Waals surface area contributed by atoms with Gasteiger partial charge in [0, 0.05) is 10.7 Å². The Kier molecular flexibility index (Phi) is 5.94. The zero-order valence-corrected chi connectivity index (χ0v) is 22.8. The van der Waals surface area contributed by atoms with Gasteiger partial charge in [0.1, 0.15) is 9.75 Å². The molecule has 2 aromatic carbocycles. The minimum atomic E-state index is -2.04. The smallest absolute Gasteiger partial charge is 0.257 e. The van der Waals surface area contributed by atoms with Crippen molar-refractivity contribution in [1.82, 2.24) is 0 Å². The summed E-state index contributed by atoms with van der Waals surface area (Å²) in [4.78, 5) is 37.6. The molecule has 5 rings (SSSR count). The number of nitrogens with zero attached hydrogens (tertiary/aromatic N) is 1. The van der Waals surface area contributed by atoms with Crippen molar-refractivity contribution in [3.05, 3.63) is 68.7 Å². The molecule has 3 amide bonds. The molecule has 1 aliphatic heterocycles. The van der Waals surface area contributed by atoms with Gasteiger partial charge in [0.05, 0.1) is 33.2 Å². The van der Waals surface area contributed by atoms with Crippen molar-refractivity contribution in [2.75, 3.05) is 10.2 Å². The number of halogens is 7. The van der Waals surface area contributed by atoms with Gasteiger partial charge in [0.2, 0.25) is 11.8 Å². The quantitative estimate of drug-likeness (QED) is 0.304. The first kappa shape index (κ1) is 25.5. The lowest BCUT2D eigenvalue weighted by atomic mass is 9.84. The fourth-order valence-electron chi connectivity index (χ4n) is 5.01. The molecular weight excluding hydrogens is 600 g/mol. The SMILES string of the molecule is Cc1ccc(Cl)cc1NC(=O)c1ccccc1N1C(=O)[C@@H]2[C@H](C1=O)[C@@]1(Cl)C(Cl)=C(Cl)[C@@]2(Cl)C1(Cl)Cl. The van der Waals surface area contributed by atoms with Crippen molar-refractivity contribution < 1.29 is 14.4 Å². The van der Waals surface area contributed by atoms with Gasteiger partial charge in [-0.05, 0) is 36.8 Å². The maximum atomic E-state index is 13.7. The fourth-order valence-corrected chi connectivity index (χ4v) is 8.11. The maximum Gasteiger partial charge on any atom is 0.257 e. The number of hydrogen-bond donors (Lipinski definition) is 1. The van der Waals surface area contributed by atoms with Crippen LogP contribution in [0.15, 0.2) is 52.5 Å². The fraction of sp³-hybridized carbons (Fsp3) is 0.261. The molecule has 1 N–H and O–H groups in total. The molecule has 2 aromatic rings. The molecule has 1 saturated carbocycles. The second kappa shape index (κ2) is 8.16. The summed E-state index contributed by atoms with van der Waals surface area (Å²) in [6, 6.07) is 11.2. The van der Waals surface area contributed by atoms with E-state index in [4.69, 9.17) is 81.2 Å². The number of amides is 3. The Morgan fingerprint density at radius 1 is 0.886 bits per heavy atom. The van der Waals surface area contributed by atoms with Crippen LogP contribution in [-0.4, -0.2) is 31.8 Å². The van der Waals surface area contributed by atoms with Gasteiger partial charge in [-0.3, -0.25) is 14.4 Å². The number of carbonyl (C=O) groups excluding carboxylic acids is 3. The number of imide groups is 1. The molecular formula is C23H13Cl7N2O3. The molecule has 0 spiro atoms. The second-order valence-corrected chi connectivity index (χ2v) is 12.2. The Morgan fingerprint density at radius 2 is 1.43 bits per heavy atom. The van der Waals surface area contributed by atoms with Crippen LogP contribution in [0.1, 0.15) is 15.9 Å². The van der Waals surface area contributed by atoms with Gasteiger partial charge in [-0.1, -0.05) is 76.2 Å². The number of nitrogens with one attached hydrogen (secondary N) is 1. The van der Waals surface area contributed by atoms with E-state index >= 15 is 0 Å². The molecule has 2 aliphatic carbocycles. The average molecular weight is 614 g/mol. The highest BCUT2D eigenvalue weighted by molar-refractivity contribution is 6.67. The molecule has 182 valence electrons. The number of para-hydroxylation sites is 1. The van der Waals surface area contributed by atoms with Crippen LogP contribution < -0.4 is 10.2 Å². The van der Waals surface area contributed by atoms with Crippen LogP contribution in [0, 0.1) is 18.8 Å². The minimum absolute atomic E-state index is 0.0380. The molecule has 0 radical (unpaired) electrons. The van der Waals surface area contributed by atoms with Crippen LogP contribution in [0.3, 0.4) is 0 Å². The highest BCUT2D eigenvalue weighted by Crippen LogP contribution is 2.77. The van der Waals surface area contributed by atoms with E-state index in [2.05, 4.69) is 5.32 Å². The van der Waals surface area contributed by atoms with E-state index in [1.54, 1.807) is 37.3 Å². The normalized spacial score (nSPS) is 30.8. The Labute approximate surface area is 235 Å². The minimum Gasteiger partial charge on any atom is -0.322 e. The van der Waals surface area contributed by atoms with Gasteiger partial charge in [-0.25, -0.2) is 4.90 Å². The molecule has 5 nitrogen and oxygen atoms in total. The second-order valence-electron chi connectivity index (χ2n) is 8.52. The number of alkyl halides is 4. The van der Waals surface area contributed by atoms with Gasteiger partial charge in [-0.15, -0.1) is 23.2 Å². The van der Waals surface area contributed by atoms with Gasteiger partial charge in [-0.2, -0.15) is 0 Å². The third-order valence-electron chi connectivity index (χ3n) is 6.75. The topological polar surface area (TPSA) is 66.5 Å². The van der Waals surface area contributed by atoms with Crippen LogP contribution in [0.5, 0.6) is 0 Å². The number of allylic oxidation sites excluding steroid dienone is 2. The van der Waals surface area contributed by atoms with Crippen molar-refractivity contribution in [3.8, 4) is 0 Å². The van der Waals surface area contributed by atoms with Gasteiger partial charge in [0.15, 0.2) is 4.33 Å². The zero-order valence-electron chi connectivity index (χ0n) is 17.5. The number of carbonyl (C=O) groups is 3. The van der Waals surface area contributed by atoms with Gasteiger partial charge < -0.3 is 5.32 Å². The summed E-state index contributed by atoms with van der Waals surface area (Å²) >= 11 is 45.3. The molecule has 1 heterocycles.